The zero-order valence-electron chi connectivity index (χ0n) is 13.3. The number of carbonyl (C=O) groups is 1. The molecule has 0 saturated carbocycles. The van der Waals surface area contributed by atoms with E-state index in [4.69, 9.17) is 0 Å². The molecule has 2 aromatic carbocycles. The molecule has 0 spiro atoms. The number of nitrogens with one attached hydrogen (secondary N) is 2. The van der Waals surface area contributed by atoms with Crippen LogP contribution in [-0.2, 0) is 11.2 Å². The number of H-pyrrole nitrogens is 1. The molecule has 4 rings (SSSR count). The summed E-state index contributed by atoms with van der Waals surface area (Å²) in [6.45, 7) is 2.06. The predicted octanol–water partition coefficient (Wildman–Crippen LogP) is 3.59. The summed E-state index contributed by atoms with van der Waals surface area (Å²) >= 11 is 0. The molecule has 1 amide bonds. The zero-order valence-corrected chi connectivity index (χ0v) is 13.3. The smallest absolute Gasteiger partial charge is 0.273 e. The van der Waals surface area contributed by atoms with Gasteiger partial charge in [-0.25, -0.2) is 5.43 Å². The molecule has 0 fully saturated rings. The predicted molar refractivity (Wildman–Crippen MR) is 96.7 cm³/mol. The number of para-hydroxylation sites is 1. The minimum atomic E-state index is -0.151. The fraction of sp³-hybridized carbons (Fsp3) is 0.100. The number of nitrogens with zero attached hydrogens (tertiary/aromatic N) is 1. The van der Waals surface area contributed by atoms with Crippen LogP contribution in [0.25, 0.3) is 17.0 Å². The van der Waals surface area contributed by atoms with Gasteiger partial charge in [0.1, 0.15) is 0 Å². The molecule has 3 aromatic rings. The Bertz CT molecular complexity index is 978. The quantitative estimate of drug-likeness (QED) is 0.713. The van der Waals surface area contributed by atoms with Crippen LogP contribution in [-0.4, -0.2) is 16.6 Å². The minimum absolute atomic E-state index is 0.151. The largest absolute Gasteiger partial charge is 0.361 e. The van der Waals surface area contributed by atoms with E-state index in [1.54, 1.807) is 0 Å². The number of hydrogen-bond donors (Lipinski definition) is 2. The van der Waals surface area contributed by atoms with Crippen molar-refractivity contribution >= 4 is 28.6 Å². The van der Waals surface area contributed by atoms with Gasteiger partial charge in [-0.15, -0.1) is 0 Å². The lowest BCUT2D eigenvalue weighted by Crippen LogP contribution is -2.13. The second kappa shape index (κ2) is 5.81. The molecule has 24 heavy (non-hydrogen) atoms. The number of fused-ring (bicyclic) bond motifs is 1. The number of aryl methyl sites for hydroxylation is 1. The number of aromatic amines is 1. The van der Waals surface area contributed by atoms with Crippen LogP contribution in [0.2, 0.25) is 0 Å². The lowest BCUT2D eigenvalue weighted by atomic mass is 9.99. The van der Waals surface area contributed by atoms with E-state index in [-0.39, 0.29) is 5.91 Å². The summed E-state index contributed by atoms with van der Waals surface area (Å²) in [6.07, 6.45) is 4.47. The second-order valence-electron chi connectivity index (χ2n) is 6.01. The summed E-state index contributed by atoms with van der Waals surface area (Å²) in [6, 6.07) is 16.3. The van der Waals surface area contributed by atoms with Crippen LogP contribution in [0.5, 0.6) is 0 Å². The van der Waals surface area contributed by atoms with E-state index in [1.165, 1.54) is 5.56 Å². The fourth-order valence-electron chi connectivity index (χ4n) is 2.92. The summed E-state index contributed by atoms with van der Waals surface area (Å²) in [5.41, 5.74) is 8.39. The van der Waals surface area contributed by atoms with Gasteiger partial charge in [0, 0.05) is 29.1 Å². The maximum absolute atomic E-state index is 12.2. The Morgan fingerprint density at radius 2 is 1.88 bits per heavy atom. The topological polar surface area (TPSA) is 57.2 Å². The molecular weight excluding hydrogens is 298 g/mol. The molecule has 0 radical (unpaired) electrons. The molecule has 0 bridgehead atoms. The highest BCUT2D eigenvalue weighted by Crippen LogP contribution is 2.22. The number of aromatic nitrogens is 1. The van der Waals surface area contributed by atoms with E-state index in [1.807, 2.05) is 36.5 Å². The normalized spacial score (nSPS) is 15.8. The molecule has 2 N–H and O–H groups in total. The average Bonchev–Trinajstić information content (AvgIpc) is 3.16. The Morgan fingerprint density at radius 3 is 2.71 bits per heavy atom. The standard InChI is InChI=1S/C20H17N3O/c1-13-6-8-14(9-7-13)10-19-17(20(24)23-22-19)11-15-12-21-18-5-3-2-4-16(15)18/h2-9,11-12,21H,10H2,1H3,(H,23,24)/b17-11-. The Balaban J connectivity index is 1.68. The summed E-state index contributed by atoms with van der Waals surface area (Å²) in [4.78, 5) is 15.4. The van der Waals surface area contributed by atoms with Crippen LogP contribution in [0.1, 0.15) is 16.7 Å². The van der Waals surface area contributed by atoms with Gasteiger partial charge in [-0.05, 0) is 24.6 Å². The number of hydrazone groups is 1. The van der Waals surface area contributed by atoms with Crippen molar-refractivity contribution in [2.45, 2.75) is 13.3 Å². The lowest BCUT2D eigenvalue weighted by molar-refractivity contribution is -0.116. The van der Waals surface area contributed by atoms with E-state index < -0.39 is 0 Å². The van der Waals surface area contributed by atoms with Crippen molar-refractivity contribution < 1.29 is 4.79 Å². The first-order valence-corrected chi connectivity index (χ1v) is 7.91. The first-order chi connectivity index (χ1) is 11.7. The van der Waals surface area contributed by atoms with Gasteiger partial charge in [-0.2, -0.15) is 5.10 Å². The third-order valence-corrected chi connectivity index (χ3v) is 4.26. The summed E-state index contributed by atoms with van der Waals surface area (Å²) < 4.78 is 0. The fourth-order valence-corrected chi connectivity index (χ4v) is 2.92. The molecule has 0 atom stereocenters. The number of hydrogen-bond acceptors (Lipinski definition) is 2. The van der Waals surface area contributed by atoms with E-state index in [0.29, 0.717) is 12.0 Å². The molecular formula is C20H17N3O. The maximum Gasteiger partial charge on any atom is 0.273 e. The Morgan fingerprint density at radius 1 is 1.08 bits per heavy atom. The SMILES string of the molecule is Cc1ccc(CC2=NNC(=O)/C2=C\c2c[nH]c3ccccc23)cc1. The minimum Gasteiger partial charge on any atom is -0.361 e. The van der Waals surface area contributed by atoms with Gasteiger partial charge in [-0.1, -0.05) is 48.0 Å². The van der Waals surface area contributed by atoms with Crippen molar-refractivity contribution in [2.75, 3.05) is 0 Å². The van der Waals surface area contributed by atoms with Crippen molar-refractivity contribution in [3.05, 3.63) is 77.0 Å². The molecule has 1 aromatic heterocycles. The highest BCUT2D eigenvalue weighted by molar-refractivity contribution is 6.28. The van der Waals surface area contributed by atoms with Crippen LogP contribution in [0, 0.1) is 6.92 Å². The highest BCUT2D eigenvalue weighted by atomic mass is 16.2. The van der Waals surface area contributed by atoms with E-state index >= 15 is 0 Å². The number of carbonyl (C=O) groups excluding carboxylic acids is 1. The van der Waals surface area contributed by atoms with Crippen molar-refractivity contribution in [1.82, 2.24) is 10.4 Å². The number of benzene rings is 2. The van der Waals surface area contributed by atoms with Gasteiger partial charge in [0.2, 0.25) is 0 Å². The monoisotopic (exact) mass is 315 g/mol. The van der Waals surface area contributed by atoms with E-state index in [0.717, 1.165) is 27.7 Å². The Labute approximate surface area is 139 Å². The summed E-state index contributed by atoms with van der Waals surface area (Å²) in [5, 5.41) is 5.31. The maximum atomic E-state index is 12.2. The molecule has 118 valence electrons. The van der Waals surface area contributed by atoms with Crippen LogP contribution in [0.4, 0.5) is 0 Å². The molecule has 1 aliphatic rings. The molecule has 0 unspecified atom stereocenters. The third-order valence-electron chi connectivity index (χ3n) is 4.26. The highest BCUT2D eigenvalue weighted by Gasteiger charge is 2.23. The average molecular weight is 315 g/mol. The van der Waals surface area contributed by atoms with Gasteiger partial charge in [0.25, 0.3) is 5.91 Å². The molecule has 0 aliphatic carbocycles. The van der Waals surface area contributed by atoms with E-state index in [2.05, 4.69) is 46.7 Å². The summed E-state index contributed by atoms with van der Waals surface area (Å²) in [5.74, 6) is -0.151. The van der Waals surface area contributed by atoms with Crippen LogP contribution >= 0.6 is 0 Å². The summed E-state index contributed by atoms with van der Waals surface area (Å²) in [7, 11) is 0. The van der Waals surface area contributed by atoms with Crippen molar-refractivity contribution in [1.29, 1.82) is 0 Å². The first-order valence-electron chi connectivity index (χ1n) is 7.91. The molecule has 1 aliphatic heterocycles. The van der Waals surface area contributed by atoms with Gasteiger partial charge in [0.15, 0.2) is 0 Å². The lowest BCUT2D eigenvalue weighted by Gasteiger charge is -2.03. The molecule has 0 saturated heterocycles. The molecule has 2 heterocycles. The van der Waals surface area contributed by atoms with Gasteiger partial charge in [-0.3, -0.25) is 4.79 Å². The van der Waals surface area contributed by atoms with Crippen LogP contribution in [0.3, 0.4) is 0 Å². The third kappa shape index (κ3) is 2.63. The zero-order chi connectivity index (χ0) is 16.5. The van der Waals surface area contributed by atoms with Crippen LogP contribution in [0.15, 0.2) is 65.4 Å². The number of rotatable bonds is 3. The second-order valence-corrected chi connectivity index (χ2v) is 6.01. The Hall–Kier alpha value is -3.14. The van der Waals surface area contributed by atoms with E-state index in [9.17, 15) is 4.79 Å². The molecule has 4 heteroatoms. The van der Waals surface area contributed by atoms with Crippen molar-refractivity contribution in [3.8, 4) is 0 Å². The van der Waals surface area contributed by atoms with Crippen molar-refractivity contribution in [2.24, 2.45) is 5.10 Å². The first kappa shape index (κ1) is 14.5. The van der Waals surface area contributed by atoms with Crippen molar-refractivity contribution in [3.63, 3.8) is 0 Å². The number of amides is 1. The van der Waals surface area contributed by atoms with Gasteiger partial charge < -0.3 is 4.98 Å². The van der Waals surface area contributed by atoms with Crippen LogP contribution < -0.4 is 5.43 Å². The van der Waals surface area contributed by atoms with Gasteiger partial charge >= 0.3 is 0 Å². The van der Waals surface area contributed by atoms with Gasteiger partial charge in [0.05, 0.1) is 11.3 Å². The Kier molecular flexibility index (Phi) is 3.50. The molecule has 4 nitrogen and oxygen atoms in total.